The lowest BCUT2D eigenvalue weighted by atomic mass is 9.81. The van der Waals surface area contributed by atoms with Gasteiger partial charge < -0.3 is 19.9 Å². The molecule has 0 saturated carbocycles. The summed E-state index contributed by atoms with van der Waals surface area (Å²) < 4.78 is 10.5. The van der Waals surface area contributed by atoms with Crippen LogP contribution in [-0.4, -0.2) is 50.2 Å². The van der Waals surface area contributed by atoms with Crippen molar-refractivity contribution in [1.82, 2.24) is 5.32 Å². The molecule has 22 heavy (non-hydrogen) atoms. The first kappa shape index (κ1) is 17.1. The molecule has 2 rings (SSSR count). The van der Waals surface area contributed by atoms with Crippen molar-refractivity contribution in [3.63, 3.8) is 0 Å². The first-order valence-electron chi connectivity index (χ1n) is 7.40. The zero-order valence-electron chi connectivity index (χ0n) is 12.8. The number of methoxy groups -OCH3 is 1. The summed E-state index contributed by atoms with van der Waals surface area (Å²) in [5, 5.41) is 12.5. The van der Waals surface area contributed by atoms with Crippen LogP contribution in [0.4, 0.5) is 0 Å². The van der Waals surface area contributed by atoms with Crippen LogP contribution in [0, 0.1) is 5.41 Å². The lowest BCUT2D eigenvalue weighted by Gasteiger charge is -2.35. The number of ether oxygens (including phenoxy) is 2. The van der Waals surface area contributed by atoms with Crippen molar-refractivity contribution < 1.29 is 19.4 Å². The molecule has 0 radical (unpaired) electrons. The largest absolute Gasteiger partial charge is 0.497 e. The van der Waals surface area contributed by atoms with E-state index in [9.17, 15) is 9.90 Å². The minimum Gasteiger partial charge on any atom is -0.497 e. The van der Waals surface area contributed by atoms with Crippen LogP contribution in [-0.2, 0) is 9.53 Å². The zero-order valence-corrected chi connectivity index (χ0v) is 13.7. The summed E-state index contributed by atoms with van der Waals surface area (Å²) in [6.07, 6.45) is 1.57. The van der Waals surface area contributed by atoms with Gasteiger partial charge in [-0.05, 0) is 31.0 Å². The van der Waals surface area contributed by atoms with E-state index in [1.165, 1.54) is 11.8 Å². The molecule has 1 amide bonds. The van der Waals surface area contributed by atoms with E-state index >= 15 is 0 Å². The highest BCUT2D eigenvalue weighted by Crippen LogP contribution is 2.29. The Morgan fingerprint density at radius 3 is 2.91 bits per heavy atom. The van der Waals surface area contributed by atoms with Gasteiger partial charge in [0.25, 0.3) is 0 Å². The molecule has 6 heteroatoms. The summed E-state index contributed by atoms with van der Waals surface area (Å²) in [7, 11) is 1.62. The molecule has 1 fully saturated rings. The number of aliphatic hydroxyl groups excluding tert-OH is 1. The maximum absolute atomic E-state index is 12.0. The molecule has 1 aromatic rings. The predicted molar refractivity (Wildman–Crippen MR) is 86.3 cm³/mol. The van der Waals surface area contributed by atoms with Crippen molar-refractivity contribution >= 4 is 17.7 Å². The number of rotatable bonds is 7. The number of amides is 1. The number of hydrogen-bond acceptors (Lipinski definition) is 5. The Morgan fingerprint density at radius 2 is 2.23 bits per heavy atom. The maximum Gasteiger partial charge on any atom is 0.230 e. The number of benzene rings is 1. The van der Waals surface area contributed by atoms with E-state index in [-0.39, 0.29) is 17.9 Å². The molecule has 122 valence electrons. The highest BCUT2D eigenvalue weighted by Gasteiger charge is 2.32. The van der Waals surface area contributed by atoms with E-state index in [0.717, 1.165) is 23.5 Å². The smallest absolute Gasteiger partial charge is 0.230 e. The zero-order chi connectivity index (χ0) is 15.8. The van der Waals surface area contributed by atoms with Crippen LogP contribution >= 0.6 is 11.8 Å². The fraction of sp³-hybridized carbons (Fsp3) is 0.562. The van der Waals surface area contributed by atoms with Gasteiger partial charge in [0.1, 0.15) is 5.75 Å². The Hall–Kier alpha value is -1.24. The van der Waals surface area contributed by atoms with Crippen LogP contribution in [0.2, 0.25) is 0 Å². The highest BCUT2D eigenvalue weighted by atomic mass is 32.2. The molecule has 0 atom stereocenters. The van der Waals surface area contributed by atoms with Gasteiger partial charge in [0.2, 0.25) is 5.91 Å². The summed E-state index contributed by atoms with van der Waals surface area (Å²) in [5.41, 5.74) is -0.228. The number of carbonyl (C=O) groups is 1. The number of aliphatic hydroxyl groups is 1. The summed E-state index contributed by atoms with van der Waals surface area (Å²) in [5.74, 6) is 1.12. The molecule has 1 aliphatic rings. The molecular weight excluding hydrogens is 302 g/mol. The minimum atomic E-state index is -0.228. The molecule has 0 spiro atoms. The van der Waals surface area contributed by atoms with E-state index in [4.69, 9.17) is 9.47 Å². The van der Waals surface area contributed by atoms with Crippen LogP contribution in [0.25, 0.3) is 0 Å². The molecule has 0 unspecified atom stereocenters. The Bertz CT molecular complexity index is 489. The molecule has 5 nitrogen and oxygen atoms in total. The summed E-state index contributed by atoms with van der Waals surface area (Å²) in [4.78, 5) is 13.0. The van der Waals surface area contributed by atoms with Gasteiger partial charge in [0, 0.05) is 30.1 Å². The van der Waals surface area contributed by atoms with Crippen molar-refractivity contribution in [2.45, 2.75) is 17.7 Å². The van der Waals surface area contributed by atoms with Gasteiger partial charge in [0.05, 0.1) is 19.5 Å². The lowest BCUT2D eigenvalue weighted by molar-refractivity contribution is -0.119. The molecule has 0 bridgehead atoms. The van der Waals surface area contributed by atoms with Gasteiger partial charge in [-0.25, -0.2) is 0 Å². The molecular formula is C16H23NO4S. The van der Waals surface area contributed by atoms with E-state index in [2.05, 4.69) is 5.32 Å². The number of nitrogens with one attached hydrogen (secondary N) is 1. The molecule has 0 aromatic heterocycles. The topological polar surface area (TPSA) is 67.8 Å². The SMILES string of the molecule is COc1cccc(SCC(=O)NCC2(CO)CCOCC2)c1. The normalized spacial score (nSPS) is 17.0. The summed E-state index contributed by atoms with van der Waals surface area (Å²) >= 11 is 1.47. The van der Waals surface area contributed by atoms with Crippen molar-refractivity contribution in [1.29, 1.82) is 0 Å². The van der Waals surface area contributed by atoms with Crippen molar-refractivity contribution in [3.8, 4) is 5.75 Å². The van der Waals surface area contributed by atoms with Crippen molar-refractivity contribution in [2.75, 3.05) is 39.2 Å². The average Bonchev–Trinajstić information content (AvgIpc) is 2.59. The quantitative estimate of drug-likeness (QED) is 0.747. The lowest BCUT2D eigenvalue weighted by Crippen LogP contribution is -2.44. The van der Waals surface area contributed by atoms with Crippen molar-refractivity contribution in [2.24, 2.45) is 5.41 Å². The third-order valence-electron chi connectivity index (χ3n) is 3.96. The Morgan fingerprint density at radius 1 is 1.45 bits per heavy atom. The third-order valence-corrected chi connectivity index (χ3v) is 4.95. The standard InChI is InChI=1S/C16H23NO4S/c1-20-13-3-2-4-14(9-13)22-10-15(19)17-11-16(12-18)5-7-21-8-6-16/h2-4,9,18H,5-8,10-12H2,1H3,(H,17,19). The molecule has 0 aliphatic carbocycles. The second kappa shape index (κ2) is 8.41. The van der Waals surface area contributed by atoms with Crippen LogP contribution < -0.4 is 10.1 Å². The van der Waals surface area contributed by atoms with Gasteiger partial charge in [-0.15, -0.1) is 11.8 Å². The number of carbonyl (C=O) groups excluding carboxylic acids is 1. The van der Waals surface area contributed by atoms with Gasteiger partial charge in [-0.1, -0.05) is 6.07 Å². The number of hydrogen-bond donors (Lipinski definition) is 2. The second-order valence-corrected chi connectivity index (χ2v) is 6.56. The van der Waals surface area contributed by atoms with Crippen LogP contribution in [0.15, 0.2) is 29.2 Å². The van der Waals surface area contributed by atoms with Crippen LogP contribution in [0.1, 0.15) is 12.8 Å². The highest BCUT2D eigenvalue weighted by molar-refractivity contribution is 8.00. The van der Waals surface area contributed by atoms with E-state index in [1.807, 2.05) is 24.3 Å². The molecule has 1 aromatic carbocycles. The maximum atomic E-state index is 12.0. The molecule has 1 saturated heterocycles. The van der Waals surface area contributed by atoms with Gasteiger partial charge in [-0.2, -0.15) is 0 Å². The van der Waals surface area contributed by atoms with E-state index in [1.54, 1.807) is 7.11 Å². The Balaban J connectivity index is 1.77. The van der Waals surface area contributed by atoms with Gasteiger partial charge in [0.15, 0.2) is 0 Å². The summed E-state index contributed by atoms with van der Waals surface area (Å²) in [6, 6.07) is 7.64. The second-order valence-electron chi connectivity index (χ2n) is 5.51. The monoisotopic (exact) mass is 325 g/mol. The first-order chi connectivity index (χ1) is 10.7. The number of thioether (sulfide) groups is 1. The summed E-state index contributed by atoms with van der Waals surface area (Å²) in [6.45, 7) is 1.88. The van der Waals surface area contributed by atoms with Crippen molar-refractivity contribution in [3.05, 3.63) is 24.3 Å². The predicted octanol–water partition coefficient (Wildman–Crippen LogP) is 1.69. The molecule has 1 aliphatic heterocycles. The Kier molecular flexibility index (Phi) is 6.54. The van der Waals surface area contributed by atoms with Gasteiger partial charge >= 0.3 is 0 Å². The van der Waals surface area contributed by atoms with E-state index in [0.29, 0.717) is 25.5 Å². The fourth-order valence-electron chi connectivity index (χ4n) is 2.37. The molecule has 2 N–H and O–H groups in total. The molecule has 1 heterocycles. The first-order valence-corrected chi connectivity index (χ1v) is 8.38. The Labute approximate surface area is 135 Å². The van der Waals surface area contributed by atoms with Gasteiger partial charge in [-0.3, -0.25) is 4.79 Å². The average molecular weight is 325 g/mol. The fourth-order valence-corrected chi connectivity index (χ4v) is 3.15. The third kappa shape index (κ3) is 4.90. The minimum absolute atomic E-state index is 0.0212. The van der Waals surface area contributed by atoms with Crippen LogP contribution in [0.5, 0.6) is 5.75 Å². The van der Waals surface area contributed by atoms with Crippen LogP contribution in [0.3, 0.4) is 0 Å². The van der Waals surface area contributed by atoms with E-state index < -0.39 is 0 Å².